The minimum atomic E-state index is -0.257. The summed E-state index contributed by atoms with van der Waals surface area (Å²) in [5, 5.41) is 17.3. The van der Waals surface area contributed by atoms with E-state index in [2.05, 4.69) is 158 Å². The van der Waals surface area contributed by atoms with Gasteiger partial charge in [0.15, 0.2) is 0 Å². The first kappa shape index (κ1) is 37.9. The van der Waals surface area contributed by atoms with Gasteiger partial charge in [0.05, 0.1) is 0 Å². The van der Waals surface area contributed by atoms with Crippen molar-refractivity contribution in [2.24, 2.45) is 22.7 Å². The van der Waals surface area contributed by atoms with Crippen molar-refractivity contribution in [3.63, 3.8) is 0 Å². The highest BCUT2D eigenvalue weighted by Crippen LogP contribution is 2.44. The minimum Gasteiger partial charge on any atom is -0.273 e. The molecule has 6 unspecified atom stereocenters. The molecular weight excluding hydrogens is 715 g/mol. The highest BCUT2D eigenvalue weighted by molar-refractivity contribution is 6.15. The van der Waals surface area contributed by atoms with Crippen molar-refractivity contribution in [3.8, 4) is 0 Å². The van der Waals surface area contributed by atoms with Gasteiger partial charge in [-0.1, -0.05) is 134 Å². The fourth-order valence-electron chi connectivity index (χ4n) is 10.9. The van der Waals surface area contributed by atoms with Crippen LogP contribution in [0.3, 0.4) is 0 Å². The zero-order chi connectivity index (χ0) is 39.7. The molecule has 0 heterocycles. The maximum atomic E-state index is 9.49. The van der Waals surface area contributed by atoms with Gasteiger partial charge in [0.25, 0.3) is 0 Å². The lowest BCUT2D eigenvalue weighted by molar-refractivity contribution is -0.586. The smallest absolute Gasteiger partial charge is 0.222 e. The van der Waals surface area contributed by atoms with E-state index in [9.17, 15) is 5.41 Å². The Balaban J connectivity index is 0.987. The molecule has 4 aromatic carbocycles. The first-order valence-electron chi connectivity index (χ1n) is 22.6. The molecular formula is C56H58N3+. The highest BCUT2D eigenvalue weighted by Gasteiger charge is 2.28. The van der Waals surface area contributed by atoms with Gasteiger partial charge in [0, 0.05) is 29.2 Å². The number of nitrogens with zero attached hydrogens (tertiary/aromatic N) is 1. The standard InChI is InChI=1S/C56H57N3/c1-37-28-30-40(31-29-37)41-17-12-20-44(33-41)55(57)59-56(45-21-13-18-42(34-45)39-15-3-2-4-16-39)58-36-38-14-11-19-43(32-38)52-35-53-48-24-6-5-22-46(48)47-23-7-9-26-50(47)54(53)51-27-10-8-25-49(51)52/h3,5-6,8-9,11-15,17-18,20-22,24-26,28,30,32,34-37,39-41,43,56H,2,4,7,10,16,19,23,27,29,31,33H2,1H3,(H2,57,59)/p+1. The number of nitrogens with two attached hydrogens (primary N) is 1. The number of hydrogen-bond donors (Lipinski definition) is 2. The topological polar surface area (TPSA) is 52.8 Å². The van der Waals surface area contributed by atoms with Crippen molar-refractivity contribution in [1.82, 2.24) is 0 Å². The Morgan fingerprint density at radius 1 is 0.763 bits per heavy atom. The second-order valence-corrected chi connectivity index (χ2v) is 18.0. The molecule has 6 aliphatic rings. The van der Waals surface area contributed by atoms with E-state index in [1.807, 2.05) is 0 Å². The van der Waals surface area contributed by atoms with E-state index >= 15 is 0 Å². The van der Waals surface area contributed by atoms with Gasteiger partial charge in [0.1, 0.15) is 0 Å². The lowest BCUT2D eigenvalue weighted by Crippen LogP contribution is -2.88. The molecule has 0 saturated heterocycles. The normalized spacial score (nSPS) is 25.3. The van der Waals surface area contributed by atoms with Crippen LogP contribution in [0.2, 0.25) is 0 Å². The quantitative estimate of drug-likeness (QED) is 0.0776. The van der Waals surface area contributed by atoms with Gasteiger partial charge in [-0.05, 0) is 161 Å². The molecule has 3 N–H and O–H groups in total. The van der Waals surface area contributed by atoms with Crippen LogP contribution in [0, 0.1) is 23.2 Å². The van der Waals surface area contributed by atoms with Crippen molar-refractivity contribution in [1.29, 1.82) is 5.41 Å². The third-order valence-corrected chi connectivity index (χ3v) is 14.1. The van der Waals surface area contributed by atoms with Crippen LogP contribution in [0.4, 0.5) is 0 Å². The molecule has 0 amide bonds. The fourth-order valence-corrected chi connectivity index (χ4v) is 10.9. The van der Waals surface area contributed by atoms with Crippen molar-refractivity contribution < 1.29 is 5.32 Å². The Labute approximate surface area is 351 Å². The monoisotopic (exact) mass is 772 g/mol. The summed E-state index contributed by atoms with van der Waals surface area (Å²) in [6.45, 7) is 2.32. The average molecular weight is 773 g/mol. The second-order valence-electron chi connectivity index (χ2n) is 18.0. The van der Waals surface area contributed by atoms with Gasteiger partial charge in [-0.15, -0.1) is 0 Å². The lowest BCUT2D eigenvalue weighted by atomic mass is 9.77. The second kappa shape index (κ2) is 16.7. The van der Waals surface area contributed by atoms with E-state index in [-0.39, 0.29) is 12.1 Å². The number of quaternary nitrogens is 1. The van der Waals surface area contributed by atoms with E-state index in [1.165, 1.54) is 87.0 Å². The summed E-state index contributed by atoms with van der Waals surface area (Å²) in [6.07, 6.45) is 47.1. The molecule has 0 saturated carbocycles. The molecule has 6 atom stereocenters. The number of fused-ring (bicyclic) bond motifs is 8. The molecule has 3 nitrogen and oxygen atoms in total. The van der Waals surface area contributed by atoms with E-state index < -0.39 is 0 Å². The van der Waals surface area contributed by atoms with Crippen LogP contribution in [0.15, 0.2) is 144 Å². The van der Waals surface area contributed by atoms with Crippen LogP contribution in [0.25, 0.3) is 33.7 Å². The minimum absolute atomic E-state index is 0.253. The van der Waals surface area contributed by atoms with Gasteiger partial charge in [-0.2, -0.15) is 0 Å². The molecule has 0 aromatic heterocycles. The number of benzene rings is 4. The number of nitrogens with one attached hydrogen (secondary N) is 1. The molecule has 3 heteroatoms. The summed E-state index contributed by atoms with van der Waals surface area (Å²) >= 11 is 0. The van der Waals surface area contributed by atoms with Crippen LogP contribution < -0.4 is 5.32 Å². The number of amidine groups is 1. The van der Waals surface area contributed by atoms with Crippen LogP contribution in [0.5, 0.6) is 0 Å². The van der Waals surface area contributed by atoms with E-state index in [1.54, 1.807) is 0 Å². The third kappa shape index (κ3) is 7.67. The van der Waals surface area contributed by atoms with Crippen LogP contribution >= 0.6 is 0 Å². The molecule has 6 aliphatic carbocycles. The number of aryl methyl sites for hydroxylation is 2. The van der Waals surface area contributed by atoms with Gasteiger partial charge in [-0.3, -0.25) is 10.7 Å². The van der Waals surface area contributed by atoms with Crippen molar-refractivity contribution in [2.45, 2.75) is 95.6 Å². The average Bonchev–Trinajstić information content (AvgIpc) is 3.30. The molecule has 59 heavy (non-hydrogen) atoms. The van der Waals surface area contributed by atoms with Crippen LogP contribution in [0.1, 0.15) is 122 Å². The number of allylic oxidation sites excluding steroid dienone is 13. The van der Waals surface area contributed by atoms with Gasteiger partial charge < -0.3 is 0 Å². The Hall–Kier alpha value is -5.38. The Morgan fingerprint density at radius 2 is 1.63 bits per heavy atom. The van der Waals surface area contributed by atoms with Crippen molar-refractivity contribution in [3.05, 3.63) is 178 Å². The maximum Gasteiger partial charge on any atom is 0.222 e. The van der Waals surface area contributed by atoms with Crippen molar-refractivity contribution >= 4 is 45.7 Å². The summed E-state index contributed by atoms with van der Waals surface area (Å²) in [6, 6.07) is 20.7. The van der Waals surface area contributed by atoms with Gasteiger partial charge in [-0.25, -0.2) is 4.99 Å². The summed E-state index contributed by atoms with van der Waals surface area (Å²) < 4.78 is 0. The number of aliphatic imine (C=N–C) groups is 1. The predicted octanol–water partition coefficient (Wildman–Crippen LogP) is 13.1. The Morgan fingerprint density at radius 3 is 2.47 bits per heavy atom. The Bertz CT molecular complexity index is 2580. The zero-order valence-electron chi connectivity index (χ0n) is 34.6. The summed E-state index contributed by atoms with van der Waals surface area (Å²) in [5.74, 6) is 2.96. The molecule has 4 aromatic rings. The third-order valence-electron chi connectivity index (χ3n) is 14.1. The Kier molecular flexibility index (Phi) is 10.7. The first-order chi connectivity index (χ1) is 29.1. The van der Waals surface area contributed by atoms with Crippen LogP contribution in [-0.4, -0.2) is 12.1 Å². The molecule has 10 rings (SSSR count). The molecule has 0 bridgehead atoms. The molecule has 296 valence electrons. The zero-order valence-corrected chi connectivity index (χ0v) is 34.6. The summed E-state index contributed by atoms with van der Waals surface area (Å²) in [5.41, 5.74) is 12.1. The maximum absolute atomic E-state index is 9.49. The molecule has 0 spiro atoms. The highest BCUT2D eigenvalue weighted by atomic mass is 15.1. The predicted molar refractivity (Wildman–Crippen MR) is 250 cm³/mol. The SMILES string of the molecule is CC1C=CC(C2C=CC=C(C(=N)[NH2+]C(N=CC3=CC(c4cc5c(c6c(c7ccccc75)CCC=C6)c5c4C=CCC5)CC=C3)c3cccc(C4C=CCCC4)c3)C2)CC1. The lowest BCUT2D eigenvalue weighted by Gasteiger charge is -2.28. The van der Waals surface area contributed by atoms with E-state index in [4.69, 9.17) is 4.99 Å². The summed E-state index contributed by atoms with van der Waals surface area (Å²) in [4.78, 5) is 5.37. The largest absolute Gasteiger partial charge is 0.273 e. The van der Waals surface area contributed by atoms with Crippen molar-refractivity contribution in [2.75, 3.05) is 0 Å². The van der Waals surface area contributed by atoms with Gasteiger partial charge in [0.2, 0.25) is 12.0 Å². The molecule has 0 fully saturated rings. The van der Waals surface area contributed by atoms with Crippen LogP contribution in [-0.2, 0) is 12.8 Å². The number of rotatable bonds is 8. The van der Waals surface area contributed by atoms with E-state index in [0.717, 1.165) is 55.2 Å². The molecule has 0 aliphatic heterocycles. The fraction of sp³-hybridized carbons (Fsp3) is 0.321. The summed E-state index contributed by atoms with van der Waals surface area (Å²) in [7, 11) is 0. The molecule has 0 radical (unpaired) electrons. The van der Waals surface area contributed by atoms with Gasteiger partial charge >= 0.3 is 0 Å². The number of hydrogen-bond acceptors (Lipinski definition) is 2. The first-order valence-corrected chi connectivity index (χ1v) is 22.6. The van der Waals surface area contributed by atoms with E-state index in [0.29, 0.717) is 29.5 Å².